The number of carbonyl (C=O) groups is 2. The molecule has 0 bridgehead atoms. The Balaban J connectivity index is 3.78. The Morgan fingerprint density at radius 2 is 1.94 bits per heavy atom. The second-order valence-corrected chi connectivity index (χ2v) is 4.27. The monoisotopic (exact) mass is 246 g/mol. The number of hydrogen-bond acceptors (Lipinski definition) is 3. The average Bonchev–Trinajstić information content (AvgIpc) is 2.23. The molecule has 17 heavy (non-hydrogen) atoms. The molecular formula is C11H22N2O4. The molecule has 0 aliphatic rings. The van der Waals surface area contributed by atoms with Crippen molar-refractivity contribution in [2.45, 2.75) is 26.9 Å². The first-order valence-electron chi connectivity index (χ1n) is 5.68. The van der Waals surface area contributed by atoms with Crippen molar-refractivity contribution < 1.29 is 19.4 Å². The number of carboxylic acids is 1. The van der Waals surface area contributed by atoms with Gasteiger partial charge in [0.25, 0.3) is 0 Å². The second-order valence-electron chi connectivity index (χ2n) is 4.27. The van der Waals surface area contributed by atoms with Crippen molar-refractivity contribution in [1.29, 1.82) is 0 Å². The maximum Gasteiger partial charge on any atom is 0.317 e. The minimum atomic E-state index is -0.909. The summed E-state index contributed by atoms with van der Waals surface area (Å²) in [6.07, 6.45) is 0.136. The first-order valence-corrected chi connectivity index (χ1v) is 5.68. The third-order valence-electron chi connectivity index (χ3n) is 2.15. The van der Waals surface area contributed by atoms with Gasteiger partial charge in [-0.2, -0.15) is 0 Å². The summed E-state index contributed by atoms with van der Waals surface area (Å²) in [5.74, 6) is -1.48. The van der Waals surface area contributed by atoms with Gasteiger partial charge in [-0.15, -0.1) is 0 Å². The number of ether oxygens (including phenoxy) is 1. The largest absolute Gasteiger partial charge is 0.481 e. The summed E-state index contributed by atoms with van der Waals surface area (Å²) in [6, 6.07) is -0.287. The topological polar surface area (TPSA) is 78.9 Å². The number of nitrogens with one attached hydrogen (secondary N) is 1. The molecule has 6 heteroatoms. The zero-order valence-corrected chi connectivity index (χ0v) is 10.9. The standard InChI is InChI=1S/C11H22N2O4/c1-8(2)17-6-5-12-11(16)13(4)7-9(3)10(14)15/h8-9H,5-7H2,1-4H3,(H,12,16)(H,14,15). The predicted molar refractivity (Wildman–Crippen MR) is 63.9 cm³/mol. The fraction of sp³-hybridized carbons (Fsp3) is 0.818. The van der Waals surface area contributed by atoms with Crippen molar-refractivity contribution in [1.82, 2.24) is 10.2 Å². The molecule has 0 rings (SSSR count). The molecule has 0 aromatic rings. The molecule has 0 fully saturated rings. The van der Waals surface area contributed by atoms with E-state index in [1.165, 1.54) is 4.90 Å². The molecule has 0 saturated carbocycles. The second kappa shape index (κ2) is 7.89. The molecular weight excluding hydrogens is 224 g/mol. The van der Waals surface area contributed by atoms with E-state index in [0.29, 0.717) is 13.2 Å². The van der Waals surface area contributed by atoms with Crippen LogP contribution in [0, 0.1) is 5.92 Å². The summed E-state index contributed by atoms with van der Waals surface area (Å²) in [6.45, 7) is 6.46. The predicted octanol–water partition coefficient (Wildman–Crippen LogP) is 0.773. The Morgan fingerprint density at radius 1 is 1.35 bits per heavy atom. The van der Waals surface area contributed by atoms with Gasteiger partial charge in [0, 0.05) is 20.1 Å². The van der Waals surface area contributed by atoms with Crippen LogP contribution in [0.3, 0.4) is 0 Å². The fourth-order valence-corrected chi connectivity index (χ4v) is 1.16. The van der Waals surface area contributed by atoms with E-state index in [-0.39, 0.29) is 18.7 Å². The Morgan fingerprint density at radius 3 is 2.41 bits per heavy atom. The molecule has 0 heterocycles. The maximum absolute atomic E-state index is 11.5. The molecule has 1 atom stereocenters. The molecule has 0 radical (unpaired) electrons. The summed E-state index contributed by atoms with van der Waals surface area (Å²) in [5, 5.41) is 11.4. The van der Waals surface area contributed by atoms with Crippen molar-refractivity contribution >= 4 is 12.0 Å². The van der Waals surface area contributed by atoms with Gasteiger partial charge in [-0.1, -0.05) is 6.92 Å². The molecule has 0 spiro atoms. The van der Waals surface area contributed by atoms with Gasteiger partial charge in [-0.25, -0.2) is 4.79 Å². The highest BCUT2D eigenvalue weighted by molar-refractivity contribution is 5.75. The van der Waals surface area contributed by atoms with Crippen LogP contribution in [0.5, 0.6) is 0 Å². The molecule has 2 amide bonds. The van der Waals surface area contributed by atoms with Crippen LogP contribution in [0.15, 0.2) is 0 Å². The van der Waals surface area contributed by atoms with E-state index in [0.717, 1.165) is 0 Å². The van der Waals surface area contributed by atoms with Gasteiger partial charge in [0.2, 0.25) is 0 Å². The van der Waals surface area contributed by atoms with Crippen molar-refractivity contribution in [3.8, 4) is 0 Å². The van der Waals surface area contributed by atoms with Crippen LogP contribution in [-0.4, -0.2) is 54.9 Å². The third kappa shape index (κ3) is 7.57. The summed E-state index contributed by atoms with van der Waals surface area (Å²) in [5.41, 5.74) is 0. The molecule has 0 saturated heterocycles. The molecule has 0 aliphatic carbocycles. The van der Waals surface area contributed by atoms with Gasteiger partial charge in [0.1, 0.15) is 0 Å². The van der Waals surface area contributed by atoms with E-state index in [9.17, 15) is 9.59 Å². The molecule has 6 nitrogen and oxygen atoms in total. The zero-order chi connectivity index (χ0) is 13.4. The van der Waals surface area contributed by atoms with E-state index >= 15 is 0 Å². The molecule has 2 N–H and O–H groups in total. The first-order chi connectivity index (χ1) is 7.84. The summed E-state index contributed by atoms with van der Waals surface area (Å²) in [4.78, 5) is 23.5. The van der Waals surface area contributed by atoms with Gasteiger partial charge in [0.15, 0.2) is 0 Å². The van der Waals surface area contributed by atoms with Crippen LogP contribution in [0.4, 0.5) is 4.79 Å². The number of amides is 2. The lowest BCUT2D eigenvalue weighted by molar-refractivity contribution is -0.141. The first kappa shape index (κ1) is 15.7. The van der Waals surface area contributed by atoms with Gasteiger partial charge in [0.05, 0.1) is 18.6 Å². The maximum atomic E-state index is 11.5. The van der Waals surface area contributed by atoms with Crippen LogP contribution in [0.1, 0.15) is 20.8 Å². The van der Waals surface area contributed by atoms with Crippen LogP contribution in [-0.2, 0) is 9.53 Å². The number of hydrogen-bond donors (Lipinski definition) is 2. The van der Waals surface area contributed by atoms with E-state index < -0.39 is 11.9 Å². The smallest absolute Gasteiger partial charge is 0.317 e. The normalized spacial score (nSPS) is 12.3. The van der Waals surface area contributed by atoms with Gasteiger partial charge in [-0.3, -0.25) is 4.79 Å². The fourth-order valence-electron chi connectivity index (χ4n) is 1.16. The summed E-state index contributed by atoms with van der Waals surface area (Å²) >= 11 is 0. The highest BCUT2D eigenvalue weighted by atomic mass is 16.5. The Hall–Kier alpha value is -1.30. The molecule has 0 aromatic carbocycles. The number of urea groups is 1. The summed E-state index contributed by atoms with van der Waals surface area (Å²) in [7, 11) is 1.57. The lowest BCUT2D eigenvalue weighted by Gasteiger charge is -2.20. The Kier molecular flexibility index (Phi) is 7.29. The van der Waals surface area contributed by atoms with Crippen LogP contribution in [0.2, 0.25) is 0 Å². The van der Waals surface area contributed by atoms with E-state index in [4.69, 9.17) is 9.84 Å². The number of nitrogens with zero attached hydrogens (tertiary/aromatic N) is 1. The number of aliphatic carboxylic acids is 1. The van der Waals surface area contributed by atoms with Gasteiger partial charge < -0.3 is 20.1 Å². The van der Waals surface area contributed by atoms with Crippen molar-refractivity contribution in [3.63, 3.8) is 0 Å². The Labute approximate surface area is 102 Å². The van der Waals surface area contributed by atoms with E-state index in [1.807, 2.05) is 13.8 Å². The van der Waals surface area contributed by atoms with Crippen molar-refractivity contribution in [3.05, 3.63) is 0 Å². The lowest BCUT2D eigenvalue weighted by Crippen LogP contribution is -2.42. The Bertz CT molecular complexity index is 256. The average molecular weight is 246 g/mol. The highest BCUT2D eigenvalue weighted by Crippen LogP contribution is 1.98. The quantitative estimate of drug-likeness (QED) is 0.650. The van der Waals surface area contributed by atoms with Crippen LogP contribution in [0.25, 0.3) is 0 Å². The third-order valence-corrected chi connectivity index (χ3v) is 2.15. The molecule has 0 aromatic heterocycles. The highest BCUT2D eigenvalue weighted by Gasteiger charge is 2.16. The van der Waals surface area contributed by atoms with Crippen molar-refractivity contribution in [2.24, 2.45) is 5.92 Å². The minimum absolute atomic E-state index is 0.136. The van der Waals surface area contributed by atoms with E-state index in [1.54, 1.807) is 14.0 Å². The number of carbonyl (C=O) groups excluding carboxylic acids is 1. The SMILES string of the molecule is CC(C)OCCNC(=O)N(C)CC(C)C(=O)O. The zero-order valence-electron chi connectivity index (χ0n) is 10.9. The number of carboxylic acid groups (broad SMARTS) is 1. The van der Waals surface area contributed by atoms with Gasteiger partial charge in [-0.05, 0) is 13.8 Å². The molecule has 100 valence electrons. The summed E-state index contributed by atoms with van der Waals surface area (Å²) < 4.78 is 5.26. The molecule has 0 aliphatic heterocycles. The van der Waals surface area contributed by atoms with Crippen LogP contribution >= 0.6 is 0 Å². The lowest BCUT2D eigenvalue weighted by atomic mass is 10.2. The van der Waals surface area contributed by atoms with E-state index in [2.05, 4.69) is 5.32 Å². The van der Waals surface area contributed by atoms with Gasteiger partial charge >= 0.3 is 12.0 Å². The van der Waals surface area contributed by atoms with Crippen LogP contribution < -0.4 is 5.32 Å². The minimum Gasteiger partial charge on any atom is -0.481 e. The van der Waals surface area contributed by atoms with Crippen molar-refractivity contribution in [2.75, 3.05) is 26.7 Å². The number of rotatable bonds is 7. The molecule has 1 unspecified atom stereocenters.